The molecule has 2 atom stereocenters. The van der Waals surface area contributed by atoms with E-state index in [0.29, 0.717) is 10.2 Å². The number of anilines is 1. The van der Waals surface area contributed by atoms with E-state index in [0.717, 1.165) is 42.6 Å². The van der Waals surface area contributed by atoms with Gasteiger partial charge in [-0.25, -0.2) is 9.97 Å². The van der Waals surface area contributed by atoms with Gasteiger partial charge in [-0.15, -0.1) is 11.3 Å². The summed E-state index contributed by atoms with van der Waals surface area (Å²) in [5, 5.41) is 26.5. The zero-order chi connectivity index (χ0) is 17.3. The highest BCUT2D eigenvalue weighted by atomic mass is 35.5. The molecule has 24 heavy (non-hydrogen) atoms. The summed E-state index contributed by atoms with van der Waals surface area (Å²) < 4.78 is 0. The minimum absolute atomic E-state index is 0.207. The molecule has 0 spiro atoms. The number of nitrogens with zero attached hydrogens (tertiary/aromatic N) is 2. The van der Waals surface area contributed by atoms with Crippen molar-refractivity contribution in [2.75, 3.05) is 5.32 Å². The number of pyridine rings is 1. The monoisotopic (exact) mass is 367 g/mol. The van der Waals surface area contributed by atoms with Crippen LogP contribution in [0.4, 0.5) is 5.69 Å². The third-order valence-electron chi connectivity index (χ3n) is 4.18. The standard InChI is InChI=1S/C17H22ClN3O2S/c1-17(2,23)16-21-14(9-24-16)12-8-19-15(18)7-13(12)20-10-4-3-5-11(22)6-10/h7-11,22-23H,3-6H2,1-2H3,(H,19,20)/t10-,11-/m0/s1. The molecular formula is C17H22ClN3O2S. The Morgan fingerprint density at radius 3 is 2.83 bits per heavy atom. The average Bonchev–Trinajstić information content (AvgIpc) is 2.97. The van der Waals surface area contributed by atoms with Gasteiger partial charge in [0.25, 0.3) is 0 Å². The van der Waals surface area contributed by atoms with Crippen LogP contribution in [0.1, 0.15) is 44.5 Å². The summed E-state index contributed by atoms with van der Waals surface area (Å²) in [7, 11) is 0. The van der Waals surface area contributed by atoms with E-state index in [4.69, 9.17) is 11.6 Å². The molecule has 5 nitrogen and oxygen atoms in total. The van der Waals surface area contributed by atoms with Crippen LogP contribution in [-0.4, -0.2) is 32.3 Å². The number of halogens is 1. The highest BCUT2D eigenvalue weighted by Crippen LogP contribution is 2.34. The number of rotatable bonds is 4. The lowest BCUT2D eigenvalue weighted by atomic mass is 9.92. The lowest BCUT2D eigenvalue weighted by molar-refractivity contribution is 0.0783. The van der Waals surface area contributed by atoms with Crippen molar-refractivity contribution in [3.8, 4) is 11.3 Å². The van der Waals surface area contributed by atoms with Gasteiger partial charge >= 0.3 is 0 Å². The predicted octanol–water partition coefficient (Wildman–Crippen LogP) is 3.80. The minimum Gasteiger partial charge on any atom is -0.393 e. The van der Waals surface area contributed by atoms with Gasteiger partial charge in [-0.05, 0) is 45.6 Å². The maximum atomic E-state index is 10.1. The lowest BCUT2D eigenvalue weighted by Crippen LogP contribution is -2.30. The van der Waals surface area contributed by atoms with E-state index < -0.39 is 5.60 Å². The first kappa shape index (κ1) is 17.6. The molecule has 3 N–H and O–H groups in total. The summed E-state index contributed by atoms with van der Waals surface area (Å²) in [5.74, 6) is 0. The van der Waals surface area contributed by atoms with Crippen LogP contribution in [0.2, 0.25) is 5.15 Å². The SMILES string of the molecule is CC(C)(O)c1nc(-c2cnc(Cl)cc2N[C@H]2CCC[C@H](O)C2)cs1. The third-order valence-corrected chi connectivity index (χ3v) is 5.54. The fourth-order valence-electron chi connectivity index (χ4n) is 2.95. The Morgan fingerprint density at radius 1 is 1.38 bits per heavy atom. The molecule has 1 saturated carbocycles. The van der Waals surface area contributed by atoms with E-state index >= 15 is 0 Å². The quantitative estimate of drug-likeness (QED) is 0.716. The fraction of sp³-hybridized carbons (Fsp3) is 0.529. The van der Waals surface area contributed by atoms with Crippen molar-refractivity contribution >= 4 is 28.6 Å². The van der Waals surface area contributed by atoms with E-state index in [-0.39, 0.29) is 12.1 Å². The van der Waals surface area contributed by atoms with Crippen molar-refractivity contribution in [3.63, 3.8) is 0 Å². The van der Waals surface area contributed by atoms with E-state index in [1.54, 1.807) is 26.1 Å². The van der Waals surface area contributed by atoms with Crippen molar-refractivity contribution in [1.82, 2.24) is 9.97 Å². The molecule has 0 amide bonds. The maximum Gasteiger partial charge on any atom is 0.131 e. The largest absolute Gasteiger partial charge is 0.393 e. The van der Waals surface area contributed by atoms with E-state index in [2.05, 4.69) is 15.3 Å². The van der Waals surface area contributed by atoms with Crippen LogP contribution in [0.25, 0.3) is 11.3 Å². The third kappa shape index (κ3) is 4.06. The Hall–Kier alpha value is -1.21. The normalized spacial score (nSPS) is 21.7. The number of aromatic nitrogens is 2. The summed E-state index contributed by atoms with van der Waals surface area (Å²) >= 11 is 7.49. The molecule has 0 aromatic carbocycles. The first-order chi connectivity index (χ1) is 11.3. The van der Waals surface area contributed by atoms with Gasteiger partial charge in [-0.1, -0.05) is 11.6 Å². The average molecular weight is 368 g/mol. The van der Waals surface area contributed by atoms with Crippen LogP contribution in [0.3, 0.4) is 0 Å². The van der Waals surface area contributed by atoms with E-state index in [9.17, 15) is 10.2 Å². The molecule has 0 bridgehead atoms. The highest BCUT2D eigenvalue weighted by molar-refractivity contribution is 7.10. The first-order valence-corrected chi connectivity index (χ1v) is 9.37. The highest BCUT2D eigenvalue weighted by Gasteiger charge is 2.24. The van der Waals surface area contributed by atoms with Crippen molar-refractivity contribution in [1.29, 1.82) is 0 Å². The van der Waals surface area contributed by atoms with Crippen LogP contribution < -0.4 is 5.32 Å². The van der Waals surface area contributed by atoms with Crippen molar-refractivity contribution < 1.29 is 10.2 Å². The lowest BCUT2D eigenvalue weighted by Gasteiger charge is -2.28. The van der Waals surface area contributed by atoms with Gasteiger partial charge in [0.15, 0.2) is 0 Å². The van der Waals surface area contributed by atoms with Gasteiger partial charge in [-0.3, -0.25) is 0 Å². The Labute approximate surface area is 150 Å². The van der Waals surface area contributed by atoms with Crippen molar-refractivity contribution in [2.24, 2.45) is 0 Å². The van der Waals surface area contributed by atoms with E-state index in [1.165, 1.54) is 11.3 Å². The smallest absolute Gasteiger partial charge is 0.131 e. The van der Waals surface area contributed by atoms with Gasteiger partial charge in [0, 0.05) is 28.9 Å². The topological polar surface area (TPSA) is 78.3 Å². The molecule has 2 heterocycles. The Kier molecular flexibility index (Phi) is 5.11. The van der Waals surface area contributed by atoms with Crippen molar-refractivity contribution in [2.45, 2.75) is 57.3 Å². The molecule has 2 aromatic rings. The van der Waals surface area contributed by atoms with Crippen LogP contribution in [-0.2, 0) is 5.60 Å². The van der Waals surface area contributed by atoms with Crippen molar-refractivity contribution in [3.05, 3.63) is 27.8 Å². The molecule has 1 aliphatic carbocycles. The van der Waals surface area contributed by atoms with Crippen LogP contribution in [0, 0.1) is 0 Å². The van der Waals surface area contributed by atoms with Gasteiger partial charge in [0.05, 0.1) is 11.8 Å². The van der Waals surface area contributed by atoms with Gasteiger partial charge in [-0.2, -0.15) is 0 Å². The second-order valence-corrected chi connectivity index (χ2v) is 8.06. The number of thiazole rings is 1. The molecule has 0 saturated heterocycles. The van der Waals surface area contributed by atoms with Crippen LogP contribution in [0.5, 0.6) is 0 Å². The fourth-order valence-corrected chi connectivity index (χ4v) is 3.95. The van der Waals surface area contributed by atoms with E-state index in [1.807, 2.05) is 5.38 Å². The van der Waals surface area contributed by atoms with Gasteiger partial charge < -0.3 is 15.5 Å². The molecule has 0 aliphatic heterocycles. The number of hydrogen-bond acceptors (Lipinski definition) is 6. The molecule has 3 rings (SSSR count). The number of aliphatic hydroxyl groups is 2. The van der Waals surface area contributed by atoms with Crippen LogP contribution in [0.15, 0.2) is 17.6 Å². The number of hydrogen-bond donors (Lipinski definition) is 3. The molecule has 0 unspecified atom stereocenters. The summed E-state index contributed by atoms with van der Waals surface area (Å²) in [6.07, 6.45) is 5.06. The Bertz CT molecular complexity index is 714. The summed E-state index contributed by atoms with van der Waals surface area (Å²) in [6, 6.07) is 2.00. The minimum atomic E-state index is -0.968. The number of aliphatic hydroxyl groups excluding tert-OH is 1. The maximum absolute atomic E-state index is 10.1. The molecule has 0 radical (unpaired) electrons. The summed E-state index contributed by atoms with van der Waals surface area (Å²) in [5.41, 5.74) is 1.51. The number of nitrogens with one attached hydrogen (secondary N) is 1. The molecule has 2 aromatic heterocycles. The zero-order valence-corrected chi connectivity index (χ0v) is 15.4. The summed E-state index contributed by atoms with van der Waals surface area (Å²) in [6.45, 7) is 3.44. The Morgan fingerprint density at radius 2 is 2.17 bits per heavy atom. The zero-order valence-electron chi connectivity index (χ0n) is 13.8. The second-order valence-electron chi connectivity index (χ2n) is 6.81. The molecular weight excluding hydrogens is 346 g/mol. The molecule has 1 aliphatic rings. The summed E-state index contributed by atoms with van der Waals surface area (Å²) in [4.78, 5) is 8.72. The second kappa shape index (κ2) is 6.96. The molecule has 130 valence electrons. The molecule has 1 fully saturated rings. The molecule has 7 heteroatoms. The van der Waals surface area contributed by atoms with Gasteiger partial charge in [0.1, 0.15) is 15.8 Å². The Balaban J connectivity index is 1.89. The predicted molar refractivity (Wildman–Crippen MR) is 97.5 cm³/mol. The first-order valence-electron chi connectivity index (χ1n) is 8.12. The van der Waals surface area contributed by atoms with Crippen LogP contribution >= 0.6 is 22.9 Å². The van der Waals surface area contributed by atoms with Gasteiger partial charge in [0.2, 0.25) is 0 Å².